The van der Waals surface area contributed by atoms with E-state index in [2.05, 4.69) is 23.5 Å². The van der Waals surface area contributed by atoms with Crippen molar-refractivity contribution in [3.05, 3.63) is 82.9 Å². The first-order valence-corrected chi connectivity index (χ1v) is 12.7. The van der Waals surface area contributed by atoms with Crippen LogP contribution in [0, 0.1) is 0 Å². The highest BCUT2D eigenvalue weighted by Gasteiger charge is 2.36. The molecule has 7 nitrogen and oxygen atoms in total. The number of nitrogens with one attached hydrogen (secondary N) is 1. The number of benzene rings is 3. The van der Waals surface area contributed by atoms with E-state index in [0.717, 1.165) is 24.8 Å². The number of anilines is 1. The zero-order chi connectivity index (χ0) is 25.9. The van der Waals surface area contributed by atoms with Gasteiger partial charge in [0.15, 0.2) is 6.10 Å². The maximum Gasteiger partial charge on any atom is 0.264 e. The average molecular weight is 501 g/mol. The molecule has 0 aromatic heterocycles. The Hall–Kier alpha value is -4.00. The number of ether oxygens (including phenoxy) is 3. The number of methoxy groups -OCH3 is 2. The summed E-state index contributed by atoms with van der Waals surface area (Å²) in [5, 5.41) is 2.97. The molecular formula is C30H32N2O5. The van der Waals surface area contributed by atoms with Gasteiger partial charge >= 0.3 is 0 Å². The van der Waals surface area contributed by atoms with Crippen LogP contribution in [0.25, 0.3) is 0 Å². The molecule has 5 rings (SSSR count). The highest BCUT2D eigenvalue weighted by molar-refractivity contribution is 6.08. The van der Waals surface area contributed by atoms with Gasteiger partial charge in [0.05, 0.1) is 26.8 Å². The molecule has 37 heavy (non-hydrogen) atoms. The van der Waals surface area contributed by atoms with Crippen molar-refractivity contribution >= 4 is 17.5 Å². The van der Waals surface area contributed by atoms with Crippen molar-refractivity contribution in [1.29, 1.82) is 0 Å². The van der Waals surface area contributed by atoms with E-state index in [1.54, 1.807) is 24.3 Å². The third-order valence-corrected chi connectivity index (χ3v) is 7.23. The Morgan fingerprint density at radius 2 is 1.78 bits per heavy atom. The van der Waals surface area contributed by atoms with Crippen LogP contribution in [0.5, 0.6) is 17.2 Å². The molecule has 192 valence electrons. The van der Waals surface area contributed by atoms with Crippen LogP contribution in [-0.2, 0) is 17.8 Å². The molecule has 0 spiro atoms. The molecule has 0 bridgehead atoms. The molecule has 0 saturated heterocycles. The van der Waals surface area contributed by atoms with Gasteiger partial charge < -0.3 is 24.4 Å². The maximum absolute atomic E-state index is 13.6. The molecule has 7 heteroatoms. The van der Waals surface area contributed by atoms with Gasteiger partial charge in [-0.3, -0.25) is 9.59 Å². The first-order valence-electron chi connectivity index (χ1n) is 12.7. The average Bonchev–Trinajstić information content (AvgIpc) is 3.07. The van der Waals surface area contributed by atoms with Crippen molar-refractivity contribution in [2.24, 2.45) is 0 Å². The van der Waals surface area contributed by atoms with Crippen LogP contribution in [0.4, 0.5) is 5.69 Å². The molecule has 1 aliphatic heterocycles. The molecule has 1 N–H and O–H groups in total. The number of rotatable bonds is 6. The van der Waals surface area contributed by atoms with Crippen LogP contribution in [0.15, 0.2) is 60.7 Å². The Kier molecular flexibility index (Phi) is 7.04. The van der Waals surface area contributed by atoms with Gasteiger partial charge in [0.25, 0.3) is 11.8 Å². The normalized spacial score (nSPS) is 18.7. The van der Waals surface area contributed by atoms with Crippen molar-refractivity contribution in [2.75, 3.05) is 19.5 Å². The Morgan fingerprint density at radius 1 is 1.03 bits per heavy atom. The van der Waals surface area contributed by atoms with Crippen LogP contribution in [0.3, 0.4) is 0 Å². The summed E-state index contributed by atoms with van der Waals surface area (Å²) < 4.78 is 17.0. The number of carbonyl (C=O) groups excluding carboxylic acids is 2. The Morgan fingerprint density at radius 3 is 2.51 bits per heavy atom. The lowest BCUT2D eigenvalue weighted by molar-refractivity contribution is -0.141. The first kappa shape index (κ1) is 24.7. The van der Waals surface area contributed by atoms with Crippen LogP contribution in [0.2, 0.25) is 0 Å². The lowest BCUT2D eigenvalue weighted by Crippen LogP contribution is -2.42. The largest absolute Gasteiger partial charge is 0.496 e. The fourth-order valence-corrected chi connectivity index (χ4v) is 5.39. The minimum Gasteiger partial charge on any atom is -0.496 e. The number of nitrogens with zero attached hydrogens (tertiary/aromatic N) is 1. The number of hydrogen-bond donors (Lipinski definition) is 1. The van der Waals surface area contributed by atoms with Crippen molar-refractivity contribution in [1.82, 2.24) is 4.90 Å². The minimum absolute atomic E-state index is 0.00265. The van der Waals surface area contributed by atoms with Crippen molar-refractivity contribution < 1.29 is 23.8 Å². The lowest BCUT2D eigenvalue weighted by Gasteiger charge is -2.36. The fraction of sp³-hybridized carbons (Fsp3) is 0.333. The van der Waals surface area contributed by atoms with E-state index in [9.17, 15) is 9.59 Å². The standard InChI is InChI=1S/C30H32N2O5/c1-4-24-30(34)32(23-12-7-10-19-9-5-6-11-22(19)23)18-20-17-21(15-16-25(20)37-24)31-29(33)28-26(35-2)13-8-14-27(28)36-3/h5-6,8-9,11,13-17,23-24H,4,7,10,12,18H2,1-3H3,(H,31,33). The summed E-state index contributed by atoms with van der Waals surface area (Å²) in [5.74, 6) is 1.18. The van der Waals surface area contributed by atoms with E-state index in [0.29, 0.717) is 41.5 Å². The van der Waals surface area contributed by atoms with E-state index >= 15 is 0 Å². The number of amides is 2. The molecule has 3 aromatic carbocycles. The molecule has 1 aliphatic carbocycles. The molecule has 0 fully saturated rings. The van der Waals surface area contributed by atoms with Gasteiger partial charge in [0.1, 0.15) is 22.8 Å². The predicted octanol–water partition coefficient (Wildman–Crippen LogP) is 5.53. The molecule has 2 unspecified atom stereocenters. The predicted molar refractivity (Wildman–Crippen MR) is 141 cm³/mol. The number of carbonyl (C=O) groups is 2. The van der Waals surface area contributed by atoms with Gasteiger partial charge in [-0.15, -0.1) is 0 Å². The highest BCUT2D eigenvalue weighted by Crippen LogP contribution is 2.39. The van der Waals surface area contributed by atoms with E-state index in [4.69, 9.17) is 14.2 Å². The molecule has 0 saturated carbocycles. The lowest BCUT2D eigenvalue weighted by atomic mass is 9.86. The van der Waals surface area contributed by atoms with Crippen molar-refractivity contribution in [3.63, 3.8) is 0 Å². The van der Waals surface area contributed by atoms with E-state index < -0.39 is 6.10 Å². The second-order valence-electron chi connectivity index (χ2n) is 9.40. The zero-order valence-electron chi connectivity index (χ0n) is 21.5. The minimum atomic E-state index is -0.548. The fourth-order valence-electron chi connectivity index (χ4n) is 5.39. The van der Waals surface area contributed by atoms with Gasteiger partial charge in [-0.2, -0.15) is 0 Å². The summed E-state index contributed by atoms with van der Waals surface area (Å²) in [7, 11) is 3.04. The third kappa shape index (κ3) is 4.73. The maximum atomic E-state index is 13.6. The summed E-state index contributed by atoms with van der Waals surface area (Å²) in [4.78, 5) is 28.9. The molecule has 2 atom stereocenters. The SMILES string of the molecule is CCC1Oc2ccc(NC(=O)c3c(OC)cccc3OC)cc2CN(C2CCCc3ccccc32)C1=O. The third-order valence-electron chi connectivity index (χ3n) is 7.23. The molecule has 2 amide bonds. The van der Waals surface area contributed by atoms with Gasteiger partial charge in [-0.1, -0.05) is 37.3 Å². The number of fused-ring (bicyclic) bond motifs is 2. The molecule has 3 aromatic rings. The van der Waals surface area contributed by atoms with Gasteiger partial charge in [-0.25, -0.2) is 0 Å². The van der Waals surface area contributed by atoms with E-state index in [1.807, 2.05) is 30.0 Å². The Bertz CT molecular complexity index is 1300. The van der Waals surface area contributed by atoms with Gasteiger partial charge in [0, 0.05) is 11.3 Å². The quantitative estimate of drug-likeness (QED) is 0.481. The smallest absolute Gasteiger partial charge is 0.264 e. The number of hydrogen-bond acceptors (Lipinski definition) is 5. The van der Waals surface area contributed by atoms with Gasteiger partial charge in [-0.05, 0) is 67.1 Å². The van der Waals surface area contributed by atoms with Crippen LogP contribution in [0.1, 0.15) is 59.3 Å². The highest BCUT2D eigenvalue weighted by atomic mass is 16.5. The summed E-state index contributed by atoms with van der Waals surface area (Å²) in [5.41, 5.74) is 4.30. The molecule has 0 radical (unpaired) electrons. The van der Waals surface area contributed by atoms with Gasteiger partial charge in [0.2, 0.25) is 0 Å². The van der Waals surface area contributed by atoms with Crippen molar-refractivity contribution in [3.8, 4) is 17.2 Å². The molecular weight excluding hydrogens is 468 g/mol. The Labute approximate surface area is 217 Å². The topological polar surface area (TPSA) is 77.1 Å². The van der Waals surface area contributed by atoms with E-state index in [-0.39, 0.29) is 17.9 Å². The summed E-state index contributed by atoms with van der Waals surface area (Å²) >= 11 is 0. The summed E-state index contributed by atoms with van der Waals surface area (Å²) in [6, 6.07) is 19.1. The number of aryl methyl sites for hydroxylation is 1. The molecule has 1 heterocycles. The van der Waals surface area contributed by atoms with Crippen molar-refractivity contribution in [2.45, 2.75) is 51.3 Å². The zero-order valence-corrected chi connectivity index (χ0v) is 21.5. The Balaban J connectivity index is 1.47. The van der Waals surface area contributed by atoms with Crippen LogP contribution < -0.4 is 19.5 Å². The van der Waals surface area contributed by atoms with Crippen LogP contribution in [-0.4, -0.2) is 37.0 Å². The second-order valence-corrected chi connectivity index (χ2v) is 9.40. The summed E-state index contributed by atoms with van der Waals surface area (Å²) in [6.07, 6.45) is 3.01. The summed E-state index contributed by atoms with van der Waals surface area (Å²) in [6.45, 7) is 2.38. The first-order chi connectivity index (χ1) is 18.0. The monoisotopic (exact) mass is 500 g/mol. The van der Waals surface area contributed by atoms with E-state index in [1.165, 1.54) is 25.3 Å². The second kappa shape index (κ2) is 10.5. The van der Waals surface area contributed by atoms with Crippen LogP contribution >= 0.6 is 0 Å². The molecule has 2 aliphatic rings.